The van der Waals surface area contributed by atoms with Gasteiger partial charge in [0.05, 0.1) is 10.0 Å². The summed E-state index contributed by atoms with van der Waals surface area (Å²) in [5.74, 6) is -2.87. The second-order valence-corrected chi connectivity index (χ2v) is 7.78. The van der Waals surface area contributed by atoms with E-state index in [0.717, 1.165) is 18.2 Å². The van der Waals surface area contributed by atoms with Gasteiger partial charge in [0, 0.05) is 17.4 Å². The van der Waals surface area contributed by atoms with E-state index in [4.69, 9.17) is 0 Å². The van der Waals surface area contributed by atoms with E-state index in [2.05, 4.69) is 15.9 Å². The van der Waals surface area contributed by atoms with Crippen molar-refractivity contribution in [3.63, 3.8) is 0 Å². The zero-order valence-electron chi connectivity index (χ0n) is 16.3. The molecule has 164 valence electrons. The SMILES string of the molecule is CCn1c(C(=O)NC(c2ccc(F)c(Br)c2)C(F)(F)F)cc2cc(C(=O)O)c(C)cc21. The van der Waals surface area contributed by atoms with E-state index in [1.807, 2.05) is 5.32 Å². The number of alkyl halides is 3. The first-order valence-corrected chi connectivity index (χ1v) is 9.93. The number of halogens is 5. The van der Waals surface area contributed by atoms with Crippen LogP contribution in [0.15, 0.2) is 40.9 Å². The Morgan fingerprint density at radius 3 is 2.42 bits per heavy atom. The average Bonchev–Trinajstić information content (AvgIpc) is 3.04. The first-order valence-electron chi connectivity index (χ1n) is 9.13. The summed E-state index contributed by atoms with van der Waals surface area (Å²) >= 11 is 2.86. The molecule has 3 rings (SSSR count). The van der Waals surface area contributed by atoms with Gasteiger partial charge in [-0.1, -0.05) is 6.07 Å². The highest BCUT2D eigenvalue weighted by Gasteiger charge is 2.42. The molecule has 0 spiro atoms. The van der Waals surface area contributed by atoms with E-state index in [1.165, 1.54) is 16.7 Å². The van der Waals surface area contributed by atoms with Gasteiger partial charge in [-0.2, -0.15) is 13.2 Å². The summed E-state index contributed by atoms with van der Waals surface area (Å²) in [5.41, 5.74) is 0.650. The zero-order chi connectivity index (χ0) is 23.1. The molecule has 1 atom stereocenters. The standard InChI is InChI=1S/C21H17BrF4N2O3/c1-3-28-16-6-10(2)13(20(30)31)7-12(16)9-17(28)19(29)27-18(21(24,25)26)11-4-5-15(23)14(22)8-11/h4-9,18H,3H2,1-2H3,(H,27,29)(H,30,31). The summed E-state index contributed by atoms with van der Waals surface area (Å²) < 4.78 is 55.9. The molecule has 31 heavy (non-hydrogen) atoms. The van der Waals surface area contributed by atoms with Crippen molar-refractivity contribution < 1.29 is 32.3 Å². The van der Waals surface area contributed by atoms with Gasteiger partial charge in [-0.05, 0) is 71.2 Å². The molecular weight excluding hydrogens is 484 g/mol. The number of hydrogen-bond acceptors (Lipinski definition) is 2. The molecule has 0 fully saturated rings. The number of aromatic carboxylic acids is 1. The summed E-state index contributed by atoms with van der Waals surface area (Å²) in [6.07, 6.45) is -4.83. The number of aromatic nitrogens is 1. The number of fused-ring (bicyclic) bond motifs is 1. The first kappa shape index (κ1) is 22.8. The Morgan fingerprint density at radius 1 is 1.19 bits per heavy atom. The smallest absolute Gasteiger partial charge is 0.412 e. The normalized spacial score (nSPS) is 12.7. The molecule has 5 nitrogen and oxygen atoms in total. The molecule has 0 saturated heterocycles. The van der Waals surface area contributed by atoms with E-state index < -0.39 is 29.9 Å². The minimum atomic E-state index is -4.83. The van der Waals surface area contributed by atoms with Crippen molar-refractivity contribution in [2.45, 2.75) is 32.6 Å². The molecule has 2 N–H and O–H groups in total. The number of amides is 1. The molecule has 0 aliphatic carbocycles. The van der Waals surface area contributed by atoms with Crippen molar-refractivity contribution in [3.05, 3.63) is 69.1 Å². The van der Waals surface area contributed by atoms with E-state index in [-0.39, 0.29) is 27.8 Å². The molecule has 0 aliphatic rings. The number of aryl methyl sites for hydroxylation is 2. The summed E-state index contributed by atoms with van der Waals surface area (Å²) in [4.78, 5) is 24.2. The van der Waals surface area contributed by atoms with E-state index in [9.17, 15) is 32.3 Å². The Morgan fingerprint density at radius 2 is 1.87 bits per heavy atom. The first-order chi connectivity index (χ1) is 14.4. The van der Waals surface area contributed by atoms with Gasteiger partial charge in [0.15, 0.2) is 6.04 Å². The summed E-state index contributed by atoms with van der Waals surface area (Å²) in [6, 6.07) is 4.75. The highest BCUT2D eigenvalue weighted by atomic mass is 79.9. The largest absolute Gasteiger partial charge is 0.478 e. The Hall–Kier alpha value is -2.88. The molecule has 1 unspecified atom stereocenters. The van der Waals surface area contributed by atoms with Crippen LogP contribution in [0, 0.1) is 12.7 Å². The lowest BCUT2D eigenvalue weighted by Crippen LogP contribution is -2.38. The fraction of sp³-hybridized carbons (Fsp3) is 0.238. The lowest BCUT2D eigenvalue weighted by molar-refractivity contribution is -0.155. The Balaban J connectivity index is 2.05. The Kier molecular flexibility index (Phi) is 6.13. The minimum Gasteiger partial charge on any atom is -0.478 e. The number of nitrogens with one attached hydrogen (secondary N) is 1. The third-order valence-corrected chi connectivity index (χ3v) is 5.51. The van der Waals surface area contributed by atoms with Crippen molar-refractivity contribution in [2.24, 2.45) is 0 Å². The van der Waals surface area contributed by atoms with Gasteiger partial charge < -0.3 is 15.0 Å². The lowest BCUT2D eigenvalue weighted by Gasteiger charge is -2.22. The predicted molar refractivity (Wildman–Crippen MR) is 110 cm³/mol. The molecule has 1 amide bonds. The van der Waals surface area contributed by atoms with E-state index in [0.29, 0.717) is 16.5 Å². The molecule has 0 saturated carbocycles. The molecule has 2 aromatic carbocycles. The third kappa shape index (κ3) is 4.43. The maximum absolute atomic E-state index is 13.7. The van der Waals surface area contributed by atoms with Gasteiger partial charge in [0.2, 0.25) is 0 Å². The van der Waals surface area contributed by atoms with Crippen LogP contribution in [0.25, 0.3) is 10.9 Å². The maximum atomic E-state index is 13.7. The fourth-order valence-corrected chi connectivity index (χ4v) is 3.82. The number of carboxylic acids is 1. The summed E-state index contributed by atoms with van der Waals surface area (Å²) in [6.45, 7) is 3.59. The number of nitrogens with zero attached hydrogens (tertiary/aromatic N) is 1. The maximum Gasteiger partial charge on any atom is 0.412 e. The van der Waals surface area contributed by atoms with Gasteiger partial charge in [0.1, 0.15) is 11.5 Å². The van der Waals surface area contributed by atoms with Crippen LogP contribution >= 0.6 is 15.9 Å². The van der Waals surface area contributed by atoms with Gasteiger partial charge >= 0.3 is 12.1 Å². The second kappa shape index (κ2) is 8.33. The minimum absolute atomic E-state index is 0.0389. The van der Waals surface area contributed by atoms with Gasteiger partial charge in [-0.3, -0.25) is 4.79 Å². The zero-order valence-corrected chi connectivity index (χ0v) is 17.9. The molecular formula is C21H17BrF4N2O3. The van der Waals surface area contributed by atoms with E-state index >= 15 is 0 Å². The number of hydrogen-bond donors (Lipinski definition) is 2. The molecule has 0 bridgehead atoms. The van der Waals surface area contributed by atoms with Crippen molar-refractivity contribution >= 4 is 38.7 Å². The number of carboxylic acid groups (broad SMARTS) is 1. The van der Waals surface area contributed by atoms with Crippen LogP contribution in [0.5, 0.6) is 0 Å². The highest BCUT2D eigenvalue weighted by Crippen LogP contribution is 2.35. The van der Waals surface area contributed by atoms with Crippen LogP contribution in [0.1, 0.15) is 44.9 Å². The van der Waals surface area contributed by atoms with Crippen LogP contribution < -0.4 is 5.32 Å². The molecule has 0 radical (unpaired) electrons. The number of carbonyl (C=O) groups is 2. The molecule has 3 aromatic rings. The average molecular weight is 501 g/mol. The molecule has 1 heterocycles. The Labute approximate surface area is 182 Å². The predicted octanol–water partition coefficient (Wildman–Crippen LogP) is 5.60. The van der Waals surface area contributed by atoms with Crippen LogP contribution in [0.3, 0.4) is 0 Å². The summed E-state index contributed by atoms with van der Waals surface area (Å²) in [7, 11) is 0. The van der Waals surface area contributed by atoms with Crippen molar-refractivity contribution in [2.75, 3.05) is 0 Å². The highest BCUT2D eigenvalue weighted by molar-refractivity contribution is 9.10. The fourth-order valence-electron chi connectivity index (χ4n) is 3.42. The second-order valence-electron chi connectivity index (χ2n) is 6.93. The van der Waals surface area contributed by atoms with Crippen molar-refractivity contribution in [1.29, 1.82) is 0 Å². The summed E-state index contributed by atoms with van der Waals surface area (Å²) in [5, 5.41) is 11.7. The van der Waals surface area contributed by atoms with Gasteiger partial charge in [-0.25, -0.2) is 9.18 Å². The van der Waals surface area contributed by atoms with Crippen molar-refractivity contribution in [3.8, 4) is 0 Å². The Bertz CT molecular complexity index is 1190. The van der Waals surface area contributed by atoms with Crippen molar-refractivity contribution in [1.82, 2.24) is 9.88 Å². The van der Waals surface area contributed by atoms with Crippen LogP contribution in [0.2, 0.25) is 0 Å². The number of carbonyl (C=O) groups excluding carboxylic acids is 1. The van der Waals surface area contributed by atoms with Crippen LogP contribution in [-0.4, -0.2) is 27.7 Å². The molecule has 10 heteroatoms. The lowest BCUT2D eigenvalue weighted by atomic mass is 10.1. The molecule has 1 aromatic heterocycles. The molecule has 0 aliphatic heterocycles. The van der Waals surface area contributed by atoms with E-state index in [1.54, 1.807) is 19.9 Å². The quantitative estimate of drug-likeness (QED) is 0.447. The van der Waals surface area contributed by atoms with Gasteiger partial charge in [-0.15, -0.1) is 0 Å². The topological polar surface area (TPSA) is 71.3 Å². The van der Waals surface area contributed by atoms with Crippen LogP contribution in [0.4, 0.5) is 17.6 Å². The third-order valence-electron chi connectivity index (χ3n) is 4.91. The monoisotopic (exact) mass is 500 g/mol. The van der Waals surface area contributed by atoms with Gasteiger partial charge in [0.25, 0.3) is 5.91 Å². The van der Waals surface area contributed by atoms with Crippen LogP contribution in [-0.2, 0) is 6.54 Å². The number of rotatable bonds is 5. The number of benzene rings is 2.